The number of anilines is 1. The maximum absolute atomic E-state index is 13.2. The highest BCUT2D eigenvalue weighted by Crippen LogP contribution is 2.08. The molecule has 0 aliphatic rings. The number of benzene rings is 1. The standard InChI is InChI=1S/C14H15F2N3O2/c1-2-3-18-8-12(17)13(20)19(14(18)21)7-9-4-10(15)6-11(16)5-9/h4-6,8H,2-3,7,17H2,1H3. The molecule has 7 heteroatoms. The molecule has 1 aromatic carbocycles. The molecule has 0 amide bonds. The number of aromatic nitrogens is 2. The molecule has 0 aliphatic carbocycles. The Morgan fingerprint density at radius 3 is 2.33 bits per heavy atom. The van der Waals surface area contributed by atoms with Crippen LogP contribution in [0, 0.1) is 11.6 Å². The Morgan fingerprint density at radius 1 is 1.14 bits per heavy atom. The monoisotopic (exact) mass is 295 g/mol. The molecular formula is C14H15F2N3O2. The molecule has 0 saturated heterocycles. The van der Waals surface area contributed by atoms with Crippen molar-refractivity contribution in [1.29, 1.82) is 0 Å². The molecule has 2 rings (SSSR count). The van der Waals surface area contributed by atoms with Crippen LogP contribution in [0.15, 0.2) is 34.0 Å². The van der Waals surface area contributed by atoms with Crippen molar-refractivity contribution in [2.75, 3.05) is 5.73 Å². The van der Waals surface area contributed by atoms with Gasteiger partial charge in [0.2, 0.25) is 0 Å². The summed E-state index contributed by atoms with van der Waals surface area (Å²) >= 11 is 0. The van der Waals surface area contributed by atoms with Gasteiger partial charge in [-0.2, -0.15) is 0 Å². The second-order valence-corrected chi connectivity index (χ2v) is 4.73. The van der Waals surface area contributed by atoms with Crippen LogP contribution in [0.1, 0.15) is 18.9 Å². The van der Waals surface area contributed by atoms with Gasteiger partial charge in [0.25, 0.3) is 5.56 Å². The van der Waals surface area contributed by atoms with Gasteiger partial charge in [0.05, 0.1) is 6.54 Å². The molecule has 0 aliphatic heterocycles. The molecule has 0 saturated carbocycles. The first kappa shape index (κ1) is 15.0. The van der Waals surface area contributed by atoms with Crippen LogP contribution < -0.4 is 17.0 Å². The topological polar surface area (TPSA) is 70.0 Å². The number of nitrogens with two attached hydrogens (primary N) is 1. The number of aryl methyl sites for hydroxylation is 1. The number of halogens is 2. The molecule has 0 atom stereocenters. The van der Waals surface area contributed by atoms with Crippen LogP contribution >= 0.6 is 0 Å². The zero-order valence-electron chi connectivity index (χ0n) is 11.5. The summed E-state index contributed by atoms with van der Waals surface area (Å²) in [5, 5.41) is 0. The number of rotatable bonds is 4. The third-order valence-corrected chi connectivity index (χ3v) is 2.99. The highest BCUT2D eigenvalue weighted by molar-refractivity contribution is 5.31. The first-order valence-corrected chi connectivity index (χ1v) is 6.47. The molecule has 0 bridgehead atoms. The van der Waals surface area contributed by atoms with Crippen molar-refractivity contribution in [1.82, 2.24) is 9.13 Å². The molecule has 0 radical (unpaired) electrons. The Morgan fingerprint density at radius 2 is 1.76 bits per heavy atom. The molecule has 0 fully saturated rings. The summed E-state index contributed by atoms with van der Waals surface area (Å²) in [6.07, 6.45) is 1.98. The van der Waals surface area contributed by atoms with E-state index in [2.05, 4.69) is 0 Å². The Hall–Kier alpha value is -2.44. The average Bonchev–Trinajstić information content (AvgIpc) is 2.40. The summed E-state index contributed by atoms with van der Waals surface area (Å²) in [5.74, 6) is -1.54. The normalized spacial score (nSPS) is 10.8. The third kappa shape index (κ3) is 3.18. The molecule has 2 N–H and O–H groups in total. The molecule has 0 unspecified atom stereocenters. The molecule has 2 aromatic rings. The number of hydrogen-bond donors (Lipinski definition) is 1. The van der Waals surface area contributed by atoms with E-state index < -0.39 is 22.9 Å². The maximum Gasteiger partial charge on any atom is 0.331 e. The zero-order chi connectivity index (χ0) is 15.6. The van der Waals surface area contributed by atoms with Crippen molar-refractivity contribution in [3.05, 3.63) is 62.4 Å². The minimum absolute atomic E-state index is 0.0834. The third-order valence-electron chi connectivity index (χ3n) is 2.99. The van der Waals surface area contributed by atoms with Gasteiger partial charge in [-0.15, -0.1) is 0 Å². The Kier molecular flexibility index (Phi) is 4.21. The molecule has 5 nitrogen and oxygen atoms in total. The second kappa shape index (κ2) is 5.90. The van der Waals surface area contributed by atoms with Crippen LogP contribution in [0.3, 0.4) is 0 Å². The lowest BCUT2D eigenvalue weighted by atomic mass is 10.2. The number of hydrogen-bond acceptors (Lipinski definition) is 3. The summed E-state index contributed by atoms with van der Waals surface area (Å²) in [6, 6.07) is 2.87. The van der Waals surface area contributed by atoms with Gasteiger partial charge in [0, 0.05) is 18.8 Å². The summed E-state index contributed by atoms with van der Waals surface area (Å²) < 4.78 is 28.5. The fourth-order valence-electron chi connectivity index (χ4n) is 2.10. The molecule has 0 spiro atoms. The highest BCUT2D eigenvalue weighted by Gasteiger charge is 2.11. The van der Waals surface area contributed by atoms with Crippen molar-refractivity contribution in [2.45, 2.75) is 26.4 Å². The van der Waals surface area contributed by atoms with E-state index in [0.717, 1.165) is 22.8 Å². The largest absolute Gasteiger partial charge is 0.393 e. The van der Waals surface area contributed by atoms with Gasteiger partial charge in [-0.3, -0.25) is 13.9 Å². The quantitative estimate of drug-likeness (QED) is 0.925. The summed E-state index contributed by atoms with van der Waals surface area (Å²) in [7, 11) is 0. The lowest BCUT2D eigenvalue weighted by Gasteiger charge is -2.11. The summed E-state index contributed by atoms with van der Waals surface area (Å²) in [4.78, 5) is 24.1. The average molecular weight is 295 g/mol. The summed E-state index contributed by atoms with van der Waals surface area (Å²) in [5.41, 5.74) is 4.47. The first-order valence-electron chi connectivity index (χ1n) is 6.47. The van der Waals surface area contributed by atoms with Crippen LogP contribution in [0.25, 0.3) is 0 Å². The predicted molar refractivity (Wildman–Crippen MR) is 75.1 cm³/mol. The van der Waals surface area contributed by atoms with Gasteiger partial charge in [0.1, 0.15) is 17.3 Å². The lowest BCUT2D eigenvalue weighted by molar-refractivity contribution is 0.559. The van der Waals surface area contributed by atoms with Crippen molar-refractivity contribution in [3.8, 4) is 0 Å². The fraction of sp³-hybridized carbons (Fsp3) is 0.286. The van der Waals surface area contributed by atoms with E-state index in [1.807, 2.05) is 6.92 Å². The number of nitrogen functional groups attached to an aromatic ring is 1. The number of nitrogens with zero attached hydrogens (tertiary/aromatic N) is 2. The van der Waals surface area contributed by atoms with Crippen molar-refractivity contribution < 1.29 is 8.78 Å². The Bertz CT molecular complexity index is 761. The minimum Gasteiger partial charge on any atom is -0.393 e. The molecule has 1 heterocycles. The minimum atomic E-state index is -0.768. The fourth-order valence-corrected chi connectivity index (χ4v) is 2.10. The molecular weight excluding hydrogens is 280 g/mol. The zero-order valence-corrected chi connectivity index (χ0v) is 11.5. The molecule has 112 valence electrons. The first-order chi connectivity index (χ1) is 9.92. The Balaban J connectivity index is 2.53. The van der Waals surface area contributed by atoms with Gasteiger partial charge in [-0.1, -0.05) is 6.92 Å². The Labute approximate surface area is 119 Å². The van der Waals surface area contributed by atoms with Crippen LogP contribution in [0.4, 0.5) is 14.5 Å². The van der Waals surface area contributed by atoms with E-state index in [-0.39, 0.29) is 17.8 Å². The van der Waals surface area contributed by atoms with Gasteiger partial charge in [-0.25, -0.2) is 13.6 Å². The van der Waals surface area contributed by atoms with Gasteiger partial charge < -0.3 is 5.73 Å². The van der Waals surface area contributed by atoms with Gasteiger partial charge >= 0.3 is 5.69 Å². The van der Waals surface area contributed by atoms with Crippen molar-refractivity contribution in [2.24, 2.45) is 0 Å². The van der Waals surface area contributed by atoms with Crippen molar-refractivity contribution >= 4 is 5.69 Å². The van der Waals surface area contributed by atoms with E-state index in [1.165, 1.54) is 10.8 Å². The molecule has 21 heavy (non-hydrogen) atoms. The lowest BCUT2D eigenvalue weighted by Crippen LogP contribution is -2.40. The van der Waals surface area contributed by atoms with Crippen LogP contribution in [0.5, 0.6) is 0 Å². The smallest absolute Gasteiger partial charge is 0.331 e. The van der Waals surface area contributed by atoms with E-state index in [0.29, 0.717) is 13.0 Å². The van der Waals surface area contributed by atoms with Crippen LogP contribution in [-0.2, 0) is 13.1 Å². The summed E-state index contributed by atoms with van der Waals surface area (Å²) in [6.45, 7) is 2.04. The van der Waals surface area contributed by atoms with Gasteiger partial charge in [0.15, 0.2) is 0 Å². The molecule has 1 aromatic heterocycles. The van der Waals surface area contributed by atoms with E-state index in [4.69, 9.17) is 5.73 Å². The van der Waals surface area contributed by atoms with E-state index >= 15 is 0 Å². The SMILES string of the molecule is CCCn1cc(N)c(=O)n(Cc2cc(F)cc(F)c2)c1=O. The predicted octanol–water partition coefficient (Wildman–Crippen LogP) is 1.33. The maximum atomic E-state index is 13.2. The van der Waals surface area contributed by atoms with Crippen LogP contribution in [-0.4, -0.2) is 9.13 Å². The highest BCUT2D eigenvalue weighted by atomic mass is 19.1. The second-order valence-electron chi connectivity index (χ2n) is 4.73. The van der Waals surface area contributed by atoms with Gasteiger partial charge in [-0.05, 0) is 24.1 Å². The van der Waals surface area contributed by atoms with Crippen molar-refractivity contribution in [3.63, 3.8) is 0 Å². The van der Waals surface area contributed by atoms with Crippen LogP contribution in [0.2, 0.25) is 0 Å². The van der Waals surface area contributed by atoms with E-state index in [1.54, 1.807) is 0 Å². The van der Waals surface area contributed by atoms with E-state index in [9.17, 15) is 18.4 Å².